The maximum Gasteiger partial charge on any atom is 0.280 e. The highest BCUT2D eigenvalue weighted by molar-refractivity contribution is 7.90. The normalized spacial score (nSPS) is 15.0. The van der Waals surface area contributed by atoms with Crippen LogP contribution in [-0.4, -0.2) is 72.3 Å². The highest BCUT2D eigenvalue weighted by atomic mass is 35.5. The standard InChI is InChI=1S/C21H27N5O7S2.2ClH/c1-14(26-9-11-32-12-10-26)25-35(30,31)17-6-4-16(5-7-17)33-18-8-3-15(20(27)24-21(22)23)13-19(18)34(2,28)29;;/h3-8,13-14,25H,9-12H2,1-2H3,(H4,22,23,24,27);2*1H. The third kappa shape index (κ3) is 8.81. The van der Waals surface area contributed by atoms with Gasteiger partial charge in [0.2, 0.25) is 10.0 Å². The first-order valence-corrected chi connectivity index (χ1v) is 13.8. The van der Waals surface area contributed by atoms with Crippen molar-refractivity contribution in [3.8, 4) is 11.5 Å². The number of aliphatic imine (C=N–C) groups is 1. The second-order valence-corrected chi connectivity index (χ2v) is 11.5. The summed E-state index contributed by atoms with van der Waals surface area (Å²) >= 11 is 0. The molecule has 3 rings (SSSR count). The molecule has 16 heteroatoms. The van der Waals surface area contributed by atoms with E-state index in [0.29, 0.717) is 26.3 Å². The largest absolute Gasteiger partial charge is 0.456 e. The van der Waals surface area contributed by atoms with Crippen molar-refractivity contribution in [3.63, 3.8) is 0 Å². The Morgan fingerprint density at radius 3 is 2.19 bits per heavy atom. The van der Waals surface area contributed by atoms with Crippen LogP contribution in [-0.2, 0) is 24.6 Å². The summed E-state index contributed by atoms with van der Waals surface area (Å²) in [6.07, 6.45) is 0.540. The van der Waals surface area contributed by atoms with Crippen LogP contribution in [0.2, 0.25) is 0 Å². The molecule has 0 saturated carbocycles. The number of amides is 1. The number of nitrogens with zero attached hydrogens (tertiary/aromatic N) is 2. The van der Waals surface area contributed by atoms with Crippen molar-refractivity contribution < 1.29 is 31.1 Å². The van der Waals surface area contributed by atoms with Crippen LogP contribution in [0, 0.1) is 0 Å². The summed E-state index contributed by atoms with van der Waals surface area (Å²) in [7, 11) is -7.61. The molecule has 12 nitrogen and oxygen atoms in total. The van der Waals surface area contributed by atoms with E-state index in [9.17, 15) is 21.6 Å². The number of carbonyl (C=O) groups excluding carboxylic acids is 1. The van der Waals surface area contributed by atoms with Gasteiger partial charge in [-0.2, -0.15) is 9.71 Å². The Hall–Kier alpha value is -2.46. The molecule has 1 unspecified atom stereocenters. The maximum absolute atomic E-state index is 12.8. The van der Waals surface area contributed by atoms with Crippen molar-refractivity contribution >= 4 is 56.5 Å². The number of halogens is 2. The van der Waals surface area contributed by atoms with Crippen LogP contribution >= 0.6 is 24.8 Å². The SMILES string of the molecule is CC(NS(=O)(=O)c1ccc(Oc2ccc(C(=O)N=C(N)N)cc2S(C)(=O)=O)cc1)N1CCOCC1.Cl.Cl. The highest BCUT2D eigenvalue weighted by Gasteiger charge is 2.24. The van der Waals surface area contributed by atoms with Gasteiger partial charge in [0.05, 0.1) is 24.3 Å². The molecule has 0 spiro atoms. The topological polar surface area (TPSA) is 183 Å². The molecule has 1 amide bonds. The lowest BCUT2D eigenvalue weighted by molar-refractivity contribution is 0.0181. The van der Waals surface area contributed by atoms with Crippen molar-refractivity contribution in [2.75, 3.05) is 32.6 Å². The molecular weight excluding hydrogens is 569 g/mol. The number of nitrogens with one attached hydrogen (secondary N) is 1. The molecule has 0 aromatic heterocycles. The van der Waals surface area contributed by atoms with E-state index in [1.54, 1.807) is 6.92 Å². The number of nitrogens with two attached hydrogens (primary N) is 2. The van der Waals surface area contributed by atoms with Crippen molar-refractivity contribution in [3.05, 3.63) is 48.0 Å². The Balaban J connectivity index is 0.00000342. The van der Waals surface area contributed by atoms with Gasteiger partial charge in [0.25, 0.3) is 5.91 Å². The van der Waals surface area contributed by atoms with Gasteiger partial charge in [0, 0.05) is 24.9 Å². The van der Waals surface area contributed by atoms with Crippen molar-refractivity contribution in [2.24, 2.45) is 16.5 Å². The molecule has 0 radical (unpaired) electrons. The van der Waals surface area contributed by atoms with Gasteiger partial charge < -0.3 is 20.9 Å². The van der Waals surface area contributed by atoms with Crippen LogP contribution in [0.15, 0.2) is 57.2 Å². The van der Waals surface area contributed by atoms with E-state index in [1.165, 1.54) is 36.4 Å². The number of guanidine groups is 1. The summed E-state index contributed by atoms with van der Waals surface area (Å²) in [6.45, 7) is 4.08. The lowest BCUT2D eigenvalue weighted by Crippen LogP contribution is -2.50. The van der Waals surface area contributed by atoms with Gasteiger partial charge >= 0.3 is 0 Å². The molecule has 2 aromatic carbocycles. The Morgan fingerprint density at radius 1 is 1.05 bits per heavy atom. The van der Waals surface area contributed by atoms with Crippen molar-refractivity contribution in [1.82, 2.24) is 9.62 Å². The first-order valence-electron chi connectivity index (χ1n) is 10.5. The van der Waals surface area contributed by atoms with Crippen LogP contribution in [0.5, 0.6) is 11.5 Å². The van der Waals surface area contributed by atoms with Crippen molar-refractivity contribution in [2.45, 2.75) is 22.9 Å². The smallest absolute Gasteiger partial charge is 0.280 e. The van der Waals surface area contributed by atoms with E-state index in [-0.39, 0.29) is 51.7 Å². The van der Waals surface area contributed by atoms with Crippen LogP contribution in [0.1, 0.15) is 17.3 Å². The lowest BCUT2D eigenvalue weighted by Gasteiger charge is -2.32. The zero-order valence-electron chi connectivity index (χ0n) is 20.0. The molecule has 1 atom stereocenters. The quantitative estimate of drug-likeness (QED) is 0.294. The predicted molar refractivity (Wildman–Crippen MR) is 143 cm³/mol. The van der Waals surface area contributed by atoms with Crippen LogP contribution in [0.3, 0.4) is 0 Å². The van der Waals surface area contributed by atoms with Crippen LogP contribution in [0.4, 0.5) is 0 Å². The van der Waals surface area contributed by atoms with Gasteiger partial charge in [-0.05, 0) is 49.4 Å². The van der Waals surface area contributed by atoms with Gasteiger partial charge in [0.15, 0.2) is 15.8 Å². The molecule has 206 valence electrons. The van der Waals surface area contributed by atoms with E-state index in [4.69, 9.17) is 20.9 Å². The van der Waals surface area contributed by atoms with E-state index < -0.39 is 37.9 Å². The fourth-order valence-electron chi connectivity index (χ4n) is 3.34. The number of sulfone groups is 1. The van der Waals surface area contributed by atoms with E-state index in [1.807, 2.05) is 4.90 Å². The number of hydrogen-bond donors (Lipinski definition) is 3. The van der Waals surface area contributed by atoms with Gasteiger partial charge in [-0.15, -0.1) is 24.8 Å². The fraction of sp³-hybridized carbons (Fsp3) is 0.333. The summed E-state index contributed by atoms with van der Waals surface area (Å²) in [4.78, 5) is 17.2. The molecule has 2 aromatic rings. The van der Waals surface area contributed by atoms with Gasteiger partial charge in [0.1, 0.15) is 16.4 Å². The Kier molecular flexibility index (Phi) is 11.8. The third-order valence-corrected chi connectivity index (χ3v) is 7.76. The third-order valence-electron chi connectivity index (χ3n) is 5.10. The minimum atomic E-state index is -3.81. The minimum absolute atomic E-state index is 0. The lowest BCUT2D eigenvalue weighted by atomic mass is 10.2. The highest BCUT2D eigenvalue weighted by Crippen LogP contribution is 2.30. The van der Waals surface area contributed by atoms with Crippen molar-refractivity contribution in [1.29, 1.82) is 0 Å². The molecule has 1 fully saturated rings. The molecule has 5 N–H and O–H groups in total. The van der Waals surface area contributed by atoms with Gasteiger partial charge in [-0.1, -0.05) is 0 Å². The summed E-state index contributed by atoms with van der Waals surface area (Å²) in [6, 6.07) is 9.21. The Bertz CT molecular complexity index is 1330. The van der Waals surface area contributed by atoms with Gasteiger partial charge in [-0.25, -0.2) is 16.8 Å². The number of morpholine rings is 1. The molecule has 0 bridgehead atoms. The number of ether oxygens (including phenoxy) is 2. The summed E-state index contributed by atoms with van der Waals surface area (Å²) in [5, 5.41) is 0. The van der Waals surface area contributed by atoms with E-state index >= 15 is 0 Å². The summed E-state index contributed by atoms with van der Waals surface area (Å²) in [5.74, 6) is -1.13. The summed E-state index contributed by atoms with van der Waals surface area (Å²) < 4.78 is 63.7. The average molecular weight is 599 g/mol. The maximum atomic E-state index is 12.8. The predicted octanol–water partition coefficient (Wildman–Crippen LogP) is 1.10. The zero-order valence-corrected chi connectivity index (χ0v) is 23.3. The van der Waals surface area contributed by atoms with E-state index in [0.717, 1.165) is 12.3 Å². The molecule has 1 aliphatic heterocycles. The Labute approximate surface area is 228 Å². The minimum Gasteiger partial charge on any atom is -0.456 e. The zero-order chi connectivity index (χ0) is 25.8. The fourth-order valence-corrected chi connectivity index (χ4v) is 5.39. The van der Waals surface area contributed by atoms with Gasteiger partial charge in [-0.3, -0.25) is 9.69 Å². The molecule has 1 aliphatic rings. The summed E-state index contributed by atoms with van der Waals surface area (Å²) in [5.41, 5.74) is 10.4. The molecule has 0 aliphatic carbocycles. The second-order valence-electron chi connectivity index (χ2n) is 7.79. The number of hydrogen-bond acceptors (Lipinski definition) is 8. The van der Waals surface area contributed by atoms with Crippen LogP contribution in [0.25, 0.3) is 0 Å². The molecule has 1 saturated heterocycles. The number of benzene rings is 2. The monoisotopic (exact) mass is 597 g/mol. The molecular formula is C21H29Cl2N5O7S2. The number of rotatable bonds is 8. The first kappa shape index (κ1) is 32.6. The second kappa shape index (κ2) is 13.4. The van der Waals surface area contributed by atoms with Crippen LogP contribution < -0.4 is 20.9 Å². The first-order chi connectivity index (χ1) is 16.4. The number of carbonyl (C=O) groups is 1. The number of sulfonamides is 1. The average Bonchev–Trinajstić information content (AvgIpc) is 2.79. The molecule has 37 heavy (non-hydrogen) atoms. The van der Waals surface area contributed by atoms with E-state index in [2.05, 4.69) is 9.71 Å². The molecule has 1 heterocycles. The Morgan fingerprint density at radius 2 is 1.65 bits per heavy atom.